The van der Waals surface area contributed by atoms with Crippen molar-refractivity contribution in [1.29, 1.82) is 0 Å². The van der Waals surface area contributed by atoms with Crippen LogP contribution in [0.1, 0.15) is 49.9 Å². The van der Waals surface area contributed by atoms with E-state index >= 15 is 0 Å². The van der Waals surface area contributed by atoms with E-state index in [1.165, 1.54) is 176 Å². The lowest BCUT2D eigenvalue weighted by molar-refractivity contribution is 0.660. The van der Waals surface area contributed by atoms with Crippen molar-refractivity contribution < 1.29 is 0 Å². The fourth-order valence-electron chi connectivity index (χ4n) is 15.5. The fraction of sp³-hybridized carbons (Fsp3) is 0.0750. The highest BCUT2D eigenvalue weighted by atomic mass is 15.0. The zero-order valence-electron chi connectivity index (χ0n) is 46.1. The molecule has 0 fully saturated rings. The van der Waals surface area contributed by atoms with E-state index in [0.29, 0.717) is 0 Å². The van der Waals surface area contributed by atoms with Crippen molar-refractivity contribution in [1.82, 2.24) is 9.13 Å². The van der Waals surface area contributed by atoms with E-state index in [4.69, 9.17) is 0 Å². The second kappa shape index (κ2) is 16.3. The molecule has 2 aromatic heterocycles. The Morgan fingerprint density at radius 1 is 0.244 bits per heavy atom. The number of para-hydroxylation sites is 2. The number of aromatic nitrogens is 2. The lowest BCUT2D eigenvalue weighted by Gasteiger charge is -2.23. The molecular formula is C80H54N2. The maximum atomic E-state index is 2.62. The summed E-state index contributed by atoms with van der Waals surface area (Å²) < 4.78 is 5.23. The lowest BCUT2D eigenvalue weighted by Crippen LogP contribution is -2.15. The molecule has 14 aromatic carbocycles. The van der Waals surface area contributed by atoms with Crippen LogP contribution in [-0.2, 0) is 10.8 Å². The summed E-state index contributed by atoms with van der Waals surface area (Å²) in [4.78, 5) is 0. The van der Waals surface area contributed by atoms with Gasteiger partial charge < -0.3 is 9.13 Å². The molecule has 0 N–H and O–H groups in total. The molecule has 0 atom stereocenters. The lowest BCUT2D eigenvalue weighted by atomic mass is 9.81. The quantitative estimate of drug-likeness (QED) is 0.156. The number of hydrogen-bond donors (Lipinski definition) is 0. The van der Waals surface area contributed by atoms with Gasteiger partial charge in [-0.1, -0.05) is 222 Å². The molecule has 0 saturated carbocycles. The highest BCUT2D eigenvalue weighted by Gasteiger charge is 2.38. The van der Waals surface area contributed by atoms with Crippen molar-refractivity contribution in [2.75, 3.05) is 0 Å². The molecular weight excluding hydrogens is 989 g/mol. The zero-order valence-corrected chi connectivity index (χ0v) is 46.1. The average Bonchev–Trinajstić information content (AvgIpc) is 4.18. The van der Waals surface area contributed by atoms with Gasteiger partial charge in [0.15, 0.2) is 0 Å². The first-order valence-electron chi connectivity index (χ1n) is 29.0. The molecule has 18 rings (SSSR count). The molecule has 0 radical (unpaired) electrons. The Balaban J connectivity index is 0.884. The summed E-state index contributed by atoms with van der Waals surface area (Å²) in [6.45, 7) is 9.69. The minimum atomic E-state index is -0.244. The van der Waals surface area contributed by atoms with E-state index < -0.39 is 0 Å². The van der Waals surface area contributed by atoms with Crippen molar-refractivity contribution in [2.45, 2.75) is 38.5 Å². The summed E-state index contributed by atoms with van der Waals surface area (Å²) in [5.74, 6) is 0. The molecule has 0 amide bonds. The van der Waals surface area contributed by atoms with E-state index in [1.54, 1.807) is 0 Å². The zero-order chi connectivity index (χ0) is 54.3. The number of fused-ring (bicyclic) bond motifs is 23. The molecule has 2 heteroatoms. The van der Waals surface area contributed by atoms with Gasteiger partial charge in [-0.05, 0) is 171 Å². The summed E-state index contributed by atoms with van der Waals surface area (Å²) in [6.07, 6.45) is 0. The van der Waals surface area contributed by atoms with E-state index in [0.717, 1.165) is 0 Å². The Bertz CT molecular complexity index is 5180. The van der Waals surface area contributed by atoms with Crippen molar-refractivity contribution in [3.63, 3.8) is 0 Å². The standard InChI is InChI=1S/C80H54N2/c1-79(2)67-43-53(51-31-29-47-17-5-7-19-49(47)41-51)33-37-57(67)59-39-35-55(45-69(59)79)81-71-27-15-13-25-65(71)73-61-21-9-12-24-64(61)76-75(77(73)81)63-23-11-10-22-62(63)74-66-26-14-16-28-72(66)82(78(74)76)56-36-40-60-58-38-34-54(44-68(58)80(3,4)70(60)46-56)52-32-30-48-18-6-8-20-50(48)42-52/h5-46H,1-4H3. The number of hydrogen-bond acceptors (Lipinski definition) is 0. The molecule has 2 aliphatic rings. The van der Waals surface area contributed by atoms with E-state index in [2.05, 4.69) is 292 Å². The number of rotatable bonds is 4. The summed E-state index contributed by atoms with van der Waals surface area (Å²) >= 11 is 0. The van der Waals surface area contributed by atoms with Crippen LogP contribution in [0.4, 0.5) is 0 Å². The molecule has 0 aliphatic heterocycles. The van der Waals surface area contributed by atoms with Crippen LogP contribution in [0.3, 0.4) is 0 Å². The van der Waals surface area contributed by atoms with Crippen LogP contribution in [0.15, 0.2) is 255 Å². The van der Waals surface area contributed by atoms with Crippen LogP contribution in [-0.4, -0.2) is 9.13 Å². The SMILES string of the molecule is CC1(C)c2cc(-c3ccc4ccccc4c3)ccc2-c2ccc(-n3c4ccccc4c4c5ccccc5c5c(c6ccccc6c6c7ccccc7n(-c7ccc8c(c7)C(C)(C)c7cc(-c9ccc%10ccccc%10c9)ccc7-8)c65)c43)cc21. The van der Waals surface area contributed by atoms with Gasteiger partial charge in [0, 0.05) is 54.5 Å². The third-order valence-electron chi connectivity index (χ3n) is 19.4. The molecule has 2 aliphatic carbocycles. The topological polar surface area (TPSA) is 9.86 Å². The first-order valence-corrected chi connectivity index (χ1v) is 29.0. The van der Waals surface area contributed by atoms with Crippen molar-refractivity contribution in [3.8, 4) is 55.9 Å². The van der Waals surface area contributed by atoms with Crippen molar-refractivity contribution in [2.24, 2.45) is 0 Å². The Kier molecular flexibility index (Phi) is 9.11. The van der Waals surface area contributed by atoms with Gasteiger partial charge in [-0.15, -0.1) is 0 Å². The maximum absolute atomic E-state index is 2.62. The molecule has 0 unspecified atom stereocenters. The first kappa shape index (κ1) is 45.8. The predicted molar refractivity (Wildman–Crippen MR) is 349 cm³/mol. The van der Waals surface area contributed by atoms with Gasteiger partial charge in [-0.25, -0.2) is 0 Å². The van der Waals surface area contributed by atoms with Gasteiger partial charge in [0.2, 0.25) is 0 Å². The molecule has 16 aromatic rings. The largest absolute Gasteiger partial charge is 0.309 e. The number of nitrogens with zero attached hydrogens (tertiary/aromatic N) is 2. The minimum absolute atomic E-state index is 0.244. The van der Waals surface area contributed by atoms with E-state index in [1.807, 2.05) is 0 Å². The van der Waals surface area contributed by atoms with Crippen LogP contribution in [0.5, 0.6) is 0 Å². The molecule has 0 saturated heterocycles. The Morgan fingerprint density at radius 2 is 0.549 bits per heavy atom. The van der Waals surface area contributed by atoms with Crippen LogP contribution in [0.2, 0.25) is 0 Å². The third kappa shape index (κ3) is 6.08. The summed E-state index contributed by atoms with van der Waals surface area (Å²) in [5, 5.41) is 17.7. The van der Waals surface area contributed by atoms with Crippen molar-refractivity contribution in [3.05, 3.63) is 277 Å². The smallest absolute Gasteiger partial charge is 0.0633 e. The summed E-state index contributed by atoms with van der Waals surface area (Å²) in [7, 11) is 0. The fourth-order valence-corrected chi connectivity index (χ4v) is 15.5. The highest BCUT2D eigenvalue weighted by molar-refractivity contribution is 6.44. The normalized spacial score (nSPS) is 14.0. The number of benzene rings is 14. The molecule has 2 heterocycles. The van der Waals surface area contributed by atoms with Gasteiger partial charge in [0.1, 0.15) is 0 Å². The van der Waals surface area contributed by atoms with Crippen LogP contribution >= 0.6 is 0 Å². The summed E-state index contributed by atoms with van der Waals surface area (Å²) in [6, 6.07) is 96.7. The first-order chi connectivity index (χ1) is 40.2. The van der Waals surface area contributed by atoms with Crippen LogP contribution in [0, 0.1) is 0 Å². The minimum Gasteiger partial charge on any atom is -0.309 e. The highest BCUT2D eigenvalue weighted by Crippen LogP contribution is 2.55. The molecule has 0 spiro atoms. The van der Waals surface area contributed by atoms with Gasteiger partial charge in [-0.3, -0.25) is 0 Å². The van der Waals surface area contributed by atoms with Gasteiger partial charge in [-0.2, -0.15) is 0 Å². The van der Waals surface area contributed by atoms with Crippen LogP contribution in [0.25, 0.3) is 153 Å². The second-order valence-electron chi connectivity index (χ2n) is 24.3. The van der Waals surface area contributed by atoms with Gasteiger partial charge in [0.05, 0.1) is 22.1 Å². The maximum Gasteiger partial charge on any atom is 0.0633 e. The predicted octanol–water partition coefficient (Wildman–Crippen LogP) is 21.6. The molecule has 0 bridgehead atoms. The van der Waals surface area contributed by atoms with Crippen LogP contribution < -0.4 is 0 Å². The van der Waals surface area contributed by atoms with Gasteiger partial charge in [0.25, 0.3) is 0 Å². The Hall–Kier alpha value is -10.0. The monoisotopic (exact) mass is 1040 g/mol. The second-order valence-corrected chi connectivity index (χ2v) is 24.3. The Morgan fingerprint density at radius 3 is 0.963 bits per heavy atom. The van der Waals surface area contributed by atoms with Crippen molar-refractivity contribution >= 4 is 97.5 Å². The third-order valence-corrected chi connectivity index (χ3v) is 19.4. The van der Waals surface area contributed by atoms with E-state index in [9.17, 15) is 0 Å². The molecule has 384 valence electrons. The average molecular weight is 1040 g/mol. The van der Waals surface area contributed by atoms with Gasteiger partial charge >= 0.3 is 0 Å². The molecule has 82 heavy (non-hydrogen) atoms. The molecule has 2 nitrogen and oxygen atoms in total. The summed E-state index contributed by atoms with van der Waals surface area (Å²) in [5.41, 5.74) is 22.5. The van der Waals surface area contributed by atoms with E-state index in [-0.39, 0.29) is 10.8 Å². The Labute approximate surface area is 475 Å².